The quantitative estimate of drug-likeness (QED) is 0.912. The molecule has 5 nitrogen and oxygen atoms in total. The van der Waals surface area contributed by atoms with Crippen molar-refractivity contribution in [2.24, 2.45) is 0 Å². The van der Waals surface area contributed by atoms with Crippen LogP contribution in [-0.4, -0.2) is 25.0 Å². The van der Waals surface area contributed by atoms with Crippen molar-refractivity contribution in [3.8, 4) is 5.75 Å². The van der Waals surface area contributed by atoms with Crippen LogP contribution in [0, 0.1) is 0 Å². The normalized spacial score (nSPS) is 10.0. The van der Waals surface area contributed by atoms with E-state index in [2.05, 4.69) is 4.98 Å². The van der Waals surface area contributed by atoms with Crippen molar-refractivity contribution in [1.82, 2.24) is 4.98 Å². The summed E-state index contributed by atoms with van der Waals surface area (Å²) < 4.78 is 5.19. The van der Waals surface area contributed by atoms with Crippen molar-refractivity contribution in [2.45, 2.75) is 0 Å². The Morgan fingerprint density at radius 3 is 2.63 bits per heavy atom. The molecule has 0 unspecified atom stereocenters. The Labute approximate surface area is 111 Å². The zero-order valence-electron chi connectivity index (χ0n) is 10.8. The number of carbonyl (C=O) groups excluding carboxylic acids is 1. The molecule has 2 aromatic rings. The Hall–Kier alpha value is -2.56. The lowest BCUT2D eigenvalue weighted by Crippen LogP contribution is -2.26. The molecule has 5 heteroatoms. The molecule has 0 bridgehead atoms. The Bertz CT molecular complexity index is 581. The smallest absolute Gasteiger partial charge is 0.261 e. The van der Waals surface area contributed by atoms with E-state index in [4.69, 9.17) is 10.5 Å². The van der Waals surface area contributed by atoms with Gasteiger partial charge in [-0.25, -0.2) is 4.98 Å². The highest BCUT2D eigenvalue weighted by atomic mass is 16.5. The summed E-state index contributed by atoms with van der Waals surface area (Å²) in [5.41, 5.74) is 6.70. The van der Waals surface area contributed by atoms with Gasteiger partial charge in [0.15, 0.2) is 0 Å². The molecular formula is C14H15N3O2. The van der Waals surface area contributed by atoms with Crippen LogP contribution in [0.5, 0.6) is 5.75 Å². The molecule has 2 rings (SSSR count). The molecule has 0 saturated carbocycles. The zero-order valence-corrected chi connectivity index (χ0v) is 10.8. The summed E-state index contributed by atoms with van der Waals surface area (Å²) in [4.78, 5) is 17.9. The highest BCUT2D eigenvalue weighted by Crippen LogP contribution is 2.22. The summed E-state index contributed by atoms with van der Waals surface area (Å²) in [5, 5.41) is 0. The molecule has 0 aliphatic carbocycles. The van der Waals surface area contributed by atoms with Gasteiger partial charge in [-0.2, -0.15) is 0 Å². The van der Waals surface area contributed by atoms with Gasteiger partial charge in [0.1, 0.15) is 11.6 Å². The van der Waals surface area contributed by atoms with Crippen molar-refractivity contribution in [1.29, 1.82) is 0 Å². The molecule has 1 aromatic heterocycles. The fourth-order valence-corrected chi connectivity index (χ4v) is 1.72. The van der Waals surface area contributed by atoms with Crippen molar-refractivity contribution < 1.29 is 9.53 Å². The minimum absolute atomic E-state index is 0.163. The third-order valence-electron chi connectivity index (χ3n) is 2.80. The predicted octanol–water partition coefficient (Wildman–Crippen LogP) is 1.95. The average Bonchev–Trinajstić information content (AvgIpc) is 2.46. The first-order valence-electron chi connectivity index (χ1n) is 5.76. The van der Waals surface area contributed by atoms with E-state index < -0.39 is 0 Å². The molecule has 19 heavy (non-hydrogen) atoms. The summed E-state index contributed by atoms with van der Waals surface area (Å²) >= 11 is 0. The second-order valence-corrected chi connectivity index (χ2v) is 4.01. The fourth-order valence-electron chi connectivity index (χ4n) is 1.72. The first-order valence-corrected chi connectivity index (χ1v) is 5.76. The van der Waals surface area contributed by atoms with Gasteiger partial charge in [0.2, 0.25) is 0 Å². The van der Waals surface area contributed by atoms with Crippen molar-refractivity contribution in [2.75, 3.05) is 24.8 Å². The van der Waals surface area contributed by atoms with Gasteiger partial charge < -0.3 is 15.4 Å². The number of ether oxygens (including phenoxy) is 1. The number of nitrogen functional groups attached to an aromatic ring is 1. The summed E-state index contributed by atoms with van der Waals surface area (Å²) in [6.07, 6.45) is 1.56. The van der Waals surface area contributed by atoms with E-state index in [0.29, 0.717) is 22.8 Å². The van der Waals surface area contributed by atoms with Gasteiger partial charge in [-0.05, 0) is 24.3 Å². The lowest BCUT2D eigenvalue weighted by molar-refractivity contribution is 0.0990. The molecule has 98 valence electrons. The van der Waals surface area contributed by atoms with E-state index >= 15 is 0 Å². The van der Waals surface area contributed by atoms with Crippen LogP contribution < -0.4 is 15.4 Å². The van der Waals surface area contributed by atoms with Crippen molar-refractivity contribution in [3.05, 3.63) is 48.2 Å². The highest BCUT2D eigenvalue weighted by molar-refractivity contribution is 6.07. The number of methoxy groups -OCH3 is 1. The molecule has 0 atom stereocenters. The van der Waals surface area contributed by atoms with Crippen LogP contribution in [0.4, 0.5) is 11.5 Å². The molecule has 0 spiro atoms. The number of nitrogens with two attached hydrogens (primary N) is 1. The second-order valence-electron chi connectivity index (χ2n) is 4.01. The van der Waals surface area contributed by atoms with Crippen LogP contribution in [0.3, 0.4) is 0 Å². The van der Waals surface area contributed by atoms with Gasteiger partial charge in [0.05, 0.1) is 24.6 Å². The Kier molecular flexibility index (Phi) is 3.66. The van der Waals surface area contributed by atoms with E-state index in [1.54, 1.807) is 43.6 Å². The average molecular weight is 257 g/mol. The summed E-state index contributed by atoms with van der Waals surface area (Å²) in [5.74, 6) is 0.800. The Morgan fingerprint density at radius 1 is 1.26 bits per heavy atom. The van der Waals surface area contributed by atoms with Gasteiger partial charge in [0, 0.05) is 7.05 Å². The first-order chi connectivity index (χ1) is 9.13. The molecule has 0 fully saturated rings. The third-order valence-corrected chi connectivity index (χ3v) is 2.80. The lowest BCUT2D eigenvalue weighted by Gasteiger charge is -2.18. The number of hydrogen-bond acceptors (Lipinski definition) is 4. The maximum atomic E-state index is 12.4. The molecule has 1 heterocycles. The first kappa shape index (κ1) is 12.9. The summed E-state index contributed by atoms with van der Waals surface area (Å²) in [7, 11) is 3.22. The summed E-state index contributed by atoms with van der Waals surface area (Å²) in [6, 6.07) is 10.5. The Balaban J connectivity index is 2.30. The monoisotopic (exact) mass is 257 g/mol. The van der Waals surface area contributed by atoms with Crippen LogP contribution in [0.2, 0.25) is 0 Å². The van der Waals surface area contributed by atoms with Crippen molar-refractivity contribution in [3.63, 3.8) is 0 Å². The molecule has 1 amide bonds. The molecule has 0 saturated heterocycles. The van der Waals surface area contributed by atoms with Crippen LogP contribution in [0.25, 0.3) is 0 Å². The Morgan fingerprint density at radius 2 is 2.00 bits per heavy atom. The van der Waals surface area contributed by atoms with Gasteiger partial charge >= 0.3 is 0 Å². The molecule has 0 aliphatic heterocycles. The molecule has 0 aliphatic rings. The minimum atomic E-state index is -0.163. The maximum Gasteiger partial charge on any atom is 0.261 e. The third kappa shape index (κ3) is 2.65. The second kappa shape index (κ2) is 5.39. The molecule has 1 aromatic carbocycles. The number of hydrogen-bond donors (Lipinski definition) is 1. The number of para-hydroxylation sites is 1. The number of carbonyl (C=O) groups is 1. The number of pyridine rings is 1. The van der Waals surface area contributed by atoms with Gasteiger partial charge in [-0.3, -0.25) is 4.79 Å². The fraction of sp³-hybridized carbons (Fsp3) is 0.143. The topological polar surface area (TPSA) is 68.5 Å². The maximum absolute atomic E-state index is 12.4. The molecule has 0 radical (unpaired) electrons. The van der Waals surface area contributed by atoms with Crippen molar-refractivity contribution >= 4 is 17.4 Å². The zero-order chi connectivity index (χ0) is 13.8. The number of benzene rings is 1. The van der Waals surface area contributed by atoms with Gasteiger partial charge in [-0.1, -0.05) is 12.1 Å². The molecular weight excluding hydrogens is 242 g/mol. The van der Waals surface area contributed by atoms with E-state index in [-0.39, 0.29) is 5.91 Å². The number of anilines is 2. The summed E-state index contributed by atoms with van der Waals surface area (Å²) in [6.45, 7) is 0. The van der Waals surface area contributed by atoms with Crippen LogP contribution in [0.1, 0.15) is 10.4 Å². The van der Waals surface area contributed by atoms with Gasteiger partial charge in [0.25, 0.3) is 5.91 Å². The number of nitrogens with zero attached hydrogens (tertiary/aromatic N) is 2. The van der Waals surface area contributed by atoms with Crippen LogP contribution in [0.15, 0.2) is 42.6 Å². The molecule has 2 N–H and O–H groups in total. The lowest BCUT2D eigenvalue weighted by atomic mass is 10.1. The SMILES string of the molecule is COc1ccccc1C(=O)N(C)c1ccc(N)nc1. The largest absolute Gasteiger partial charge is 0.496 e. The number of rotatable bonds is 3. The number of aromatic nitrogens is 1. The van der Waals surface area contributed by atoms with E-state index in [9.17, 15) is 4.79 Å². The van der Waals surface area contributed by atoms with E-state index in [0.717, 1.165) is 0 Å². The van der Waals surface area contributed by atoms with Gasteiger partial charge in [-0.15, -0.1) is 0 Å². The van der Waals surface area contributed by atoms with E-state index in [1.807, 2.05) is 6.07 Å². The minimum Gasteiger partial charge on any atom is -0.496 e. The van der Waals surface area contributed by atoms with E-state index in [1.165, 1.54) is 12.0 Å². The highest BCUT2D eigenvalue weighted by Gasteiger charge is 2.17. The standard InChI is InChI=1S/C14H15N3O2/c1-17(10-7-8-13(15)16-9-10)14(18)11-5-3-4-6-12(11)19-2/h3-9H,1-2H3,(H2,15,16). The van der Waals surface area contributed by atoms with Crippen LogP contribution in [-0.2, 0) is 0 Å². The predicted molar refractivity (Wildman–Crippen MR) is 74.4 cm³/mol. The number of amides is 1. The van der Waals surface area contributed by atoms with Crippen LogP contribution >= 0.6 is 0 Å².